The Morgan fingerprint density at radius 2 is 2.00 bits per heavy atom. The molecule has 0 bridgehead atoms. The van der Waals surface area contributed by atoms with Gasteiger partial charge in [0.15, 0.2) is 0 Å². The lowest BCUT2D eigenvalue weighted by atomic mass is 9.80. The molecule has 3 aliphatic rings. The number of allylic oxidation sites excluding steroid dienone is 2. The van der Waals surface area contributed by atoms with Crippen LogP contribution in [-0.2, 0) is 0 Å². The lowest BCUT2D eigenvalue weighted by molar-refractivity contribution is 0.204. The Hall–Kier alpha value is -1.02. The first-order valence-corrected chi connectivity index (χ1v) is 6.92. The third-order valence-corrected chi connectivity index (χ3v) is 4.47. The zero-order valence-electron chi connectivity index (χ0n) is 10.6. The van der Waals surface area contributed by atoms with E-state index in [0.717, 1.165) is 5.92 Å². The first-order chi connectivity index (χ1) is 8.38. The number of nitrogens with zero attached hydrogens (tertiary/aromatic N) is 1. The minimum absolute atomic E-state index is 0.527. The van der Waals surface area contributed by atoms with Crippen LogP contribution in [0.5, 0.6) is 0 Å². The molecule has 0 radical (unpaired) electrons. The second-order valence-electron chi connectivity index (χ2n) is 5.34. The summed E-state index contributed by atoms with van der Waals surface area (Å²) in [6.45, 7) is 6.02. The van der Waals surface area contributed by atoms with Crippen molar-refractivity contribution in [3.63, 3.8) is 0 Å². The predicted octanol–water partition coefficient (Wildman–Crippen LogP) is 2.32. The van der Waals surface area contributed by atoms with Crippen molar-refractivity contribution in [1.82, 2.24) is 10.2 Å². The summed E-state index contributed by atoms with van der Waals surface area (Å²) in [6, 6.07) is 0.527. The van der Waals surface area contributed by atoms with E-state index >= 15 is 0 Å². The normalized spacial score (nSPS) is 33.4. The molecule has 2 nitrogen and oxygen atoms in total. The first-order valence-electron chi connectivity index (χ1n) is 6.92. The maximum atomic E-state index is 3.52. The highest BCUT2D eigenvalue weighted by Gasteiger charge is 2.32. The molecule has 1 fully saturated rings. The molecule has 3 rings (SSSR count). The molecule has 2 unspecified atom stereocenters. The lowest BCUT2D eigenvalue weighted by Crippen LogP contribution is -2.35. The van der Waals surface area contributed by atoms with Crippen LogP contribution in [0.2, 0.25) is 0 Å². The van der Waals surface area contributed by atoms with E-state index in [1.807, 2.05) is 0 Å². The molecule has 1 saturated heterocycles. The van der Waals surface area contributed by atoms with Gasteiger partial charge in [-0.1, -0.05) is 31.2 Å². The van der Waals surface area contributed by atoms with Crippen molar-refractivity contribution in [3.05, 3.63) is 36.1 Å². The second kappa shape index (κ2) is 4.69. The summed E-state index contributed by atoms with van der Waals surface area (Å²) in [5, 5.41) is 3.52. The minimum atomic E-state index is 0.527. The number of hydrogen-bond acceptors (Lipinski definition) is 2. The summed E-state index contributed by atoms with van der Waals surface area (Å²) < 4.78 is 0. The maximum Gasteiger partial charge on any atom is 0.0542 e. The van der Waals surface area contributed by atoms with E-state index in [1.54, 1.807) is 5.57 Å². The van der Waals surface area contributed by atoms with Crippen LogP contribution in [-0.4, -0.2) is 30.6 Å². The van der Waals surface area contributed by atoms with Gasteiger partial charge in [0.25, 0.3) is 0 Å². The molecule has 2 atom stereocenters. The van der Waals surface area contributed by atoms with Gasteiger partial charge in [-0.3, -0.25) is 0 Å². The van der Waals surface area contributed by atoms with E-state index in [-0.39, 0.29) is 0 Å². The van der Waals surface area contributed by atoms with Gasteiger partial charge in [0.2, 0.25) is 0 Å². The standard InChI is InChI=1S/C15H22N2/c1-2-17-9-7-12(8-10-17)14-11-16-15-6-4-3-5-13(14)15/h3-6,11-13,15-16H,2,7-10H2,1H3. The number of rotatable bonds is 2. The van der Waals surface area contributed by atoms with E-state index in [9.17, 15) is 0 Å². The summed E-state index contributed by atoms with van der Waals surface area (Å²) in [4.78, 5) is 2.56. The van der Waals surface area contributed by atoms with Crippen LogP contribution in [0.25, 0.3) is 0 Å². The van der Waals surface area contributed by atoms with Crippen LogP contribution < -0.4 is 5.32 Å². The van der Waals surface area contributed by atoms with Crippen LogP contribution in [0, 0.1) is 11.8 Å². The molecule has 0 aromatic rings. The fourth-order valence-corrected chi connectivity index (χ4v) is 3.35. The van der Waals surface area contributed by atoms with Crippen LogP contribution in [0.4, 0.5) is 0 Å². The van der Waals surface area contributed by atoms with Crippen molar-refractivity contribution in [1.29, 1.82) is 0 Å². The molecule has 0 saturated carbocycles. The topological polar surface area (TPSA) is 15.3 Å². The largest absolute Gasteiger partial charge is 0.384 e. The van der Waals surface area contributed by atoms with Crippen molar-refractivity contribution in [2.75, 3.05) is 19.6 Å². The number of piperidine rings is 1. The van der Waals surface area contributed by atoms with Crippen LogP contribution in [0.3, 0.4) is 0 Å². The summed E-state index contributed by atoms with van der Waals surface area (Å²) in [7, 11) is 0. The molecule has 0 spiro atoms. The molecule has 0 aromatic heterocycles. The molecule has 1 aliphatic carbocycles. The van der Waals surface area contributed by atoms with Gasteiger partial charge in [0.1, 0.15) is 0 Å². The van der Waals surface area contributed by atoms with Crippen molar-refractivity contribution in [3.8, 4) is 0 Å². The Balaban J connectivity index is 1.66. The van der Waals surface area contributed by atoms with Gasteiger partial charge in [-0.15, -0.1) is 0 Å². The van der Waals surface area contributed by atoms with Crippen LogP contribution >= 0.6 is 0 Å². The number of fused-ring (bicyclic) bond motifs is 1. The molecule has 1 N–H and O–H groups in total. The van der Waals surface area contributed by atoms with E-state index in [4.69, 9.17) is 0 Å². The van der Waals surface area contributed by atoms with Gasteiger partial charge < -0.3 is 10.2 Å². The molecule has 92 valence electrons. The van der Waals surface area contributed by atoms with Crippen molar-refractivity contribution in [2.45, 2.75) is 25.8 Å². The zero-order valence-corrected chi connectivity index (χ0v) is 10.6. The number of hydrogen-bond donors (Lipinski definition) is 1. The Morgan fingerprint density at radius 1 is 1.24 bits per heavy atom. The van der Waals surface area contributed by atoms with Crippen LogP contribution in [0.15, 0.2) is 36.1 Å². The highest BCUT2D eigenvalue weighted by atomic mass is 15.1. The summed E-state index contributed by atoms with van der Waals surface area (Å²) in [6.07, 6.45) is 14.0. The van der Waals surface area contributed by atoms with Gasteiger partial charge in [0, 0.05) is 5.92 Å². The Bertz CT molecular complexity index is 359. The SMILES string of the molecule is CCN1CCC(C2=CNC3C=CC=CC23)CC1. The summed E-state index contributed by atoms with van der Waals surface area (Å²) in [5.74, 6) is 1.43. The van der Waals surface area contributed by atoms with Crippen molar-refractivity contribution < 1.29 is 0 Å². The second-order valence-corrected chi connectivity index (χ2v) is 5.34. The third-order valence-electron chi connectivity index (χ3n) is 4.47. The number of likely N-dealkylation sites (tertiary alicyclic amines) is 1. The third kappa shape index (κ3) is 2.06. The highest BCUT2D eigenvalue weighted by molar-refractivity contribution is 5.32. The van der Waals surface area contributed by atoms with E-state index < -0.39 is 0 Å². The molecule has 0 aromatic carbocycles. The Kier molecular flexibility index (Phi) is 3.06. The molecule has 2 heteroatoms. The van der Waals surface area contributed by atoms with E-state index in [2.05, 4.69) is 47.6 Å². The quantitative estimate of drug-likeness (QED) is 0.783. The fraction of sp³-hybridized carbons (Fsp3) is 0.600. The van der Waals surface area contributed by atoms with Gasteiger partial charge in [-0.2, -0.15) is 0 Å². The Labute approximate surface area is 104 Å². The highest BCUT2D eigenvalue weighted by Crippen LogP contribution is 2.36. The minimum Gasteiger partial charge on any atom is -0.384 e. The monoisotopic (exact) mass is 230 g/mol. The number of nitrogens with one attached hydrogen (secondary N) is 1. The smallest absolute Gasteiger partial charge is 0.0542 e. The van der Waals surface area contributed by atoms with Crippen LogP contribution in [0.1, 0.15) is 19.8 Å². The van der Waals surface area contributed by atoms with E-state index in [1.165, 1.54) is 32.5 Å². The van der Waals surface area contributed by atoms with E-state index in [0.29, 0.717) is 12.0 Å². The van der Waals surface area contributed by atoms with Gasteiger partial charge >= 0.3 is 0 Å². The first kappa shape index (κ1) is 11.1. The summed E-state index contributed by atoms with van der Waals surface area (Å²) in [5.41, 5.74) is 1.64. The van der Waals surface area contributed by atoms with Crippen molar-refractivity contribution in [2.24, 2.45) is 11.8 Å². The zero-order chi connectivity index (χ0) is 11.7. The fourth-order valence-electron chi connectivity index (χ4n) is 3.35. The average Bonchev–Trinajstić information content (AvgIpc) is 2.83. The molecule has 2 heterocycles. The molecule has 2 aliphatic heterocycles. The molecular weight excluding hydrogens is 208 g/mol. The predicted molar refractivity (Wildman–Crippen MR) is 71.6 cm³/mol. The molecule has 0 amide bonds. The summed E-state index contributed by atoms with van der Waals surface area (Å²) >= 11 is 0. The van der Waals surface area contributed by atoms with Gasteiger partial charge in [-0.05, 0) is 50.2 Å². The average molecular weight is 230 g/mol. The Morgan fingerprint density at radius 3 is 2.76 bits per heavy atom. The molecular formula is C15H22N2. The van der Waals surface area contributed by atoms with Gasteiger partial charge in [0.05, 0.1) is 6.04 Å². The molecule has 17 heavy (non-hydrogen) atoms. The van der Waals surface area contributed by atoms with Gasteiger partial charge in [-0.25, -0.2) is 0 Å². The lowest BCUT2D eigenvalue weighted by Gasteiger charge is -2.33. The van der Waals surface area contributed by atoms with Crippen molar-refractivity contribution >= 4 is 0 Å². The maximum absolute atomic E-state index is 3.52.